The fraction of sp³-hybridized carbons (Fsp3) is 0.389. The number of hydrogen-bond donors (Lipinski definition) is 1. The average molecular weight is 577 g/mol. The van der Waals surface area contributed by atoms with Crippen molar-refractivity contribution in [2.45, 2.75) is 62.3 Å². The molecule has 7 heteroatoms. The molecule has 220 valence electrons. The molecule has 1 saturated carbocycles. The van der Waals surface area contributed by atoms with Gasteiger partial charge in [-0.05, 0) is 67.5 Å². The zero-order valence-corrected chi connectivity index (χ0v) is 24.5. The number of hydrogen-bond acceptors (Lipinski definition) is 6. The van der Waals surface area contributed by atoms with Gasteiger partial charge in [0.2, 0.25) is 0 Å². The van der Waals surface area contributed by atoms with Gasteiger partial charge in [0, 0.05) is 49.0 Å². The first-order valence-electron chi connectivity index (χ1n) is 15.2. The summed E-state index contributed by atoms with van der Waals surface area (Å²) >= 11 is 0. The minimum Gasteiger partial charge on any atom is -0.504 e. The SMILES string of the molecule is CC(=O)OC(CN1CC[C@]23c4c5ccc(O)c4O[C@H]2[C@@H](N(C)C(=O)C#Cc2ccccc2)CC[C@H]3[C@H]1C5)c1ccccc1. The molecule has 3 aromatic rings. The molecule has 3 aromatic carbocycles. The Morgan fingerprint density at radius 2 is 1.84 bits per heavy atom. The summed E-state index contributed by atoms with van der Waals surface area (Å²) in [6, 6.07) is 23.3. The van der Waals surface area contributed by atoms with Crippen molar-refractivity contribution in [1.29, 1.82) is 0 Å². The fourth-order valence-electron chi connectivity index (χ4n) is 8.40. The molecular formula is C36H36N2O5. The van der Waals surface area contributed by atoms with Crippen LogP contribution in [-0.4, -0.2) is 65.1 Å². The van der Waals surface area contributed by atoms with Gasteiger partial charge >= 0.3 is 5.97 Å². The van der Waals surface area contributed by atoms with Crippen LogP contribution in [0.25, 0.3) is 0 Å². The summed E-state index contributed by atoms with van der Waals surface area (Å²) in [5, 5.41) is 10.9. The van der Waals surface area contributed by atoms with Gasteiger partial charge in [0.15, 0.2) is 11.5 Å². The molecular weight excluding hydrogens is 540 g/mol. The van der Waals surface area contributed by atoms with E-state index in [0.29, 0.717) is 12.3 Å². The van der Waals surface area contributed by atoms with E-state index in [1.165, 1.54) is 12.5 Å². The van der Waals surface area contributed by atoms with Crippen LogP contribution < -0.4 is 4.74 Å². The third kappa shape index (κ3) is 4.56. The number of likely N-dealkylation sites (N-methyl/N-ethyl adjacent to an activating group) is 1. The van der Waals surface area contributed by atoms with Gasteiger partial charge in [0.1, 0.15) is 12.2 Å². The van der Waals surface area contributed by atoms with Gasteiger partial charge in [0.25, 0.3) is 5.91 Å². The van der Waals surface area contributed by atoms with E-state index in [1.54, 1.807) is 11.0 Å². The predicted octanol–water partition coefficient (Wildman–Crippen LogP) is 4.61. The number of esters is 1. The van der Waals surface area contributed by atoms with Crippen molar-refractivity contribution in [3.8, 4) is 23.3 Å². The van der Waals surface area contributed by atoms with Crippen LogP contribution in [0, 0.1) is 17.8 Å². The van der Waals surface area contributed by atoms with E-state index in [4.69, 9.17) is 9.47 Å². The second-order valence-corrected chi connectivity index (χ2v) is 12.3. The largest absolute Gasteiger partial charge is 0.504 e. The topological polar surface area (TPSA) is 79.3 Å². The van der Waals surface area contributed by atoms with E-state index in [-0.39, 0.29) is 53.3 Å². The Hall–Kier alpha value is -4.28. The lowest BCUT2D eigenvalue weighted by Crippen LogP contribution is -2.69. The number of likely N-dealkylation sites (tertiary alicyclic amines) is 1. The van der Waals surface area contributed by atoms with Gasteiger partial charge in [-0.25, -0.2) is 0 Å². The molecule has 7 nitrogen and oxygen atoms in total. The number of aromatic hydroxyl groups is 1. The minimum atomic E-state index is -0.358. The lowest BCUT2D eigenvalue weighted by molar-refractivity contribution is -0.150. The van der Waals surface area contributed by atoms with Gasteiger partial charge in [-0.1, -0.05) is 60.5 Å². The van der Waals surface area contributed by atoms with Crippen LogP contribution in [0.5, 0.6) is 11.5 Å². The fourth-order valence-corrected chi connectivity index (χ4v) is 8.40. The van der Waals surface area contributed by atoms with E-state index < -0.39 is 0 Å². The maximum Gasteiger partial charge on any atom is 0.303 e. The number of benzene rings is 3. The maximum atomic E-state index is 13.4. The minimum absolute atomic E-state index is 0.165. The van der Waals surface area contributed by atoms with E-state index in [0.717, 1.165) is 48.9 Å². The molecule has 7 rings (SSSR count). The Labute approximate surface area is 252 Å². The predicted molar refractivity (Wildman–Crippen MR) is 161 cm³/mol. The van der Waals surface area contributed by atoms with Gasteiger partial charge in [0.05, 0.1) is 6.04 Å². The van der Waals surface area contributed by atoms with Crippen molar-refractivity contribution < 1.29 is 24.2 Å². The number of carbonyl (C=O) groups excluding carboxylic acids is 2. The van der Waals surface area contributed by atoms with Crippen molar-refractivity contribution in [3.05, 3.63) is 95.1 Å². The molecule has 2 aliphatic carbocycles. The molecule has 1 spiro atoms. The lowest BCUT2D eigenvalue weighted by atomic mass is 9.51. The summed E-state index contributed by atoms with van der Waals surface area (Å²) in [6.45, 7) is 2.89. The van der Waals surface area contributed by atoms with Crippen LogP contribution in [0.15, 0.2) is 72.8 Å². The van der Waals surface area contributed by atoms with Gasteiger partial charge in [-0.15, -0.1) is 0 Å². The normalized spacial score (nSPS) is 27.1. The first-order chi connectivity index (χ1) is 20.9. The van der Waals surface area contributed by atoms with Crippen LogP contribution in [0.4, 0.5) is 0 Å². The highest BCUT2D eigenvalue weighted by molar-refractivity contribution is 5.94. The summed E-state index contributed by atoms with van der Waals surface area (Å²) in [6.07, 6.45) is 2.75. The van der Waals surface area contributed by atoms with Gasteiger partial charge in [-0.2, -0.15) is 0 Å². The first kappa shape index (κ1) is 27.5. The van der Waals surface area contributed by atoms with Crippen LogP contribution in [0.3, 0.4) is 0 Å². The third-order valence-corrected chi connectivity index (χ3v) is 10.2. The lowest BCUT2D eigenvalue weighted by Gasteiger charge is -2.60. The smallest absolute Gasteiger partial charge is 0.303 e. The van der Waals surface area contributed by atoms with Crippen molar-refractivity contribution in [2.24, 2.45) is 5.92 Å². The Bertz CT molecular complexity index is 1610. The molecule has 1 unspecified atom stereocenters. The summed E-state index contributed by atoms with van der Waals surface area (Å²) in [5.41, 5.74) is 3.82. The number of nitrogens with zero attached hydrogens (tertiary/aromatic N) is 2. The molecule has 1 N–H and O–H groups in total. The zero-order chi connectivity index (χ0) is 29.7. The van der Waals surface area contributed by atoms with Gasteiger partial charge in [-0.3, -0.25) is 14.5 Å². The van der Waals surface area contributed by atoms with Crippen molar-refractivity contribution in [1.82, 2.24) is 9.80 Å². The quantitative estimate of drug-likeness (QED) is 0.353. The molecule has 2 heterocycles. The molecule has 2 aliphatic heterocycles. The van der Waals surface area contributed by atoms with Crippen LogP contribution in [0.2, 0.25) is 0 Å². The number of amides is 1. The second kappa shape index (κ2) is 10.8. The summed E-state index contributed by atoms with van der Waals surface area (Å²) in [4.78, 5) is 29.7. The molecule has 43 heavy (non-hydrogen) atoms. The van der Waals surface area contributed by atoms with E-state index in [1.807, 2.05) is 73.8 Å². The van der Waals surface area contributed by atoms with Crippen LogP contribution in [-0.2, 0) is 26.2 Å². The summed E-state index contributed by atoms with van der Waals surface area (Å²) in [5.74, 6) is 6.36. The Kier molecular flexibility index (Phi) is 6.90. The highest BCUT2D eigenvalue weighted by Crippen LogP contribution is 2.64. The number of rotatable bonds is 5. The number of phenolic OH excluding ortho intramolecular Hbond substituents is 1. The highest BCUT2D eigenvalue weighted by atomic mass is 16.5. The van der Waals surface area contributed by atoms with E-state index in [2.05, 4.69) is 16.7 Å². The molecule has 1 saturated heterocycles. The molecule has 2 bridgehead atoms. The van der Waals surface area contributed by atoms with Crippen molar-refractivity contribution in [2.75, 3.05) is 20.1 Å². The standard InChI is InChI=1S/C36H36N2O5/c1-23(39)42-31(25-11-7-4-8-12-25)22-38-20-19-36-27-15-16-28(37(2)32(41)18-13-24-9-5-3-6-10-24)35(36)43-34-30(40)17-14-26(33(34)36)21-29(27)38/h3-12,14,17,27-29,31,35,40H,15-16,19-22H2,1-2H3/t27-,28-,29+,31?,35-,36-/m0/s1. The maximum absolute atomic E-state index is 13.4. The van der Waals surface area contributed by atoms with E-state index in [9.17, 15) is 14.7 Å². The van der Waals surface area contributed by atoms with Crippen molar-refractivity contribution >= 4 is 11.9 Å². The van der Waals surface area contributed by atoms with Crippen LogP contribution in [0.1, 0.15) is 54.5 Å². The van der Waals surface area contributed by atoms with Gasteiger partial charge < -0.3 is 19.5 Å². The van der Waals surface area contributed by atoms with E-state index >= 15 is 0 Å². The summed E-state index contributed by atoms with van der Waals surface area (Å²) in [7, 11) is 1.83. The molecule has 0 radical (unpaired) electrons. The average Bonchev–Trinajstić information content (AvgIpc) is 3.37. The Morgan fingerprint density at radius 3 is 2.58 bits per heavy atom. The number of ether oxygens (including phenoxy) is 2. The monoisotopic (exact) mass is 576 g/mol. The first-order valence-corrected chi connectivity index (χ1v) is 15.2. The molecule has 0 aromatic heterocycles. The molecule has 4 aliphatic rings. The number of piperidine rings is 1. The van der Waals surface area contributed by atoms with Crippen molar-refractivity contribution in [3.63, 3.8) is 0 Å². The third-order valence-electron chi connectivity index (χ3n) is 10.2. The second-order valence-electron chi connectivity index (χ2n) is 12.3. The number of carbonyl (C=O) groups is 2. The summed E-state index contributed by atoms with van der Waals surface area (Å²) < 4.78 is 12.6. The molecule has 2 fully saturated rings. The Balaban J connectivity index is 1.21. The Morgan fingerprint density at radius 1 is 1.09 bits per heavy atom. The molecule has 1 amide bonds. The van der Waals surface area contributed by atoms with Crippen LogP contribution >= 0.6 is 0 Å². The number of phenols is 1. The highest BCUT2D eigenvalue weighted by Gasteiger charge is 2.66. The molecule has 6 atom stereocenters. The zero-order valence-electron chi connectivity index (χ0n) is 24.5.